The van der Waals surface area contributed by atoms with Gasteiger partial charge in [0.2, 0.25) is 11.8 Å². The zero-order chi connectivity index (χ0) is 26.7. The molecule has 1 aromatic carbocycles. The van der Waals surface area contributed by atoms with Crippen molar-refractivity contribution in [1.29, 1.82) is 0 Å². The summed E-state index contributed by atoms with van der Waals surface area (Å²) < 4.78 is 15.4. The van der Waals surface area contributed by atoms with Crippen molar-refractivity contribution in [2.45, 2.75) is 51.1 Å². The number of hydrogen-bond donors (Lipinski definition) is 2. The van der Waals surface area contributed by atoms with Crippen LogP contribution in [0.5, 0.6) is 0 Å². The van der Waals surface area contributed by atoms with Gasteiger partial charge in [-0.3, -0.25) is 19.2 Å². The Kier molecular flexibility index (Phi) is 8.26. The first-order valence-corrected chi connectivity index (χ1v) is 13.1. The van der Waals surface area contributed by atoms with E-state index in [0.29, 0.717) is 43.4 Å². The fraction of sp³-hybridized carbons (Fsp3) is 0.556. The number of halogens is 1. The lowest BCUT2D eigenvalue weighted by molar-refractivity contribution is -0.140. The molecule has 200 valence electrons. The van der Waals surface area contributed by atoms with Crippen molar-refractivity contribution in [1.82, 2.24) is 25.0 Å². The quantitative estimate of drug-likeness (QED) is 0.552. The molecule has 0 bridgehead atoms. The minimum Gasteiger partial charge on any atom is -0.343 e. The van der Waals surface area contributed by atoms with Crippen LogP contribution >= 0.6 is 0 Å². The third-order valence-electron chi connectivity index (χ3n) is 7.91. The van der Waals surface area contributed by atoms with Gasteiger partial charge >= 0.3 is 0 Å². The third-order valence-corrected chi connectivity index (χ3v) is 7.91. The number of aromatic nitrogens is 1. The van der Waals surface area contributed by atoms with Crippen molar-refractivity contribution in [3.63, 3.8) is 0 Å². The summed E-state index contributed by atoms with van der Waals surface area (Å²) in [5, 5.41) is 6.31. The fourth-order valence-electron chi connectivity index (χ4n) is 5.56. The molecule has 2 fully saturated rings. The first kappa shape index (κ1) is 26.8. The summed E-state index contributed by atoms with van der Waals surface area (Å²) in [6, 6.07) is 3.13. The summed E-state index contributed by atoms with van der Waals surface area (Å²) in [7, 11) is 3.39. The van der Waals surface area contributed by atoms with Crippen LogP contribution in [0.1, 0.15) is 59.9 Å². The van der Waals surface area contributed by atoms with Crippen molar-refractivity contribution in [2.24, 2.45) is 13.0 Å². The van der Waals surface area contributed by atoms with E-state index in [1.165, 1.54) is 12.1 Å². The largest absolute Gasteiger partial charge is 0.343 e. The first-order chi connectivity index (χ1) is 17.8. The second-order valence-corrected chi connectivity index (χ2v) is 10.1. The lowest BCUT2D eigenvalue weighted by atomic mass is 9.83. The van der Waals surface area contributed by atoms with Crippen molar-refractivity contribution >= 4 is 34.9 Å². The number of carbonyl (C=O) groups excluding carboxylic acids is 4. The average molecular weight is 514 g/mol. The van der Waals surface area contributed by atoms with Gasteiger partial charge < -0.3 is 25.0 Å². The summed E-state index contributed by atoms with van der Waals surface area (Å²) in [5.74, 6) is -1.01. The maximum absolute atomic E-state index is 13.8. The van der Waals surface area contributed by atoms with E-state index in [-0.39, 0.29) is 34.9 Å². The molecule has 1 aromatic heterocycles. The summed E-state index contributed by atoms with van der Waals surface area (Å²) in [5.41, 5.74) is 0.977. The van der Waals surface area contributed by atoms with Crippen LogP contribution in [0.25, 0.3) is 10.9 Å². The highest BCUT2D eigenvalue weighted by Gasteiger charge is 2.36. The van der Waals surface area contributed by atoms with Crippen molar-refractivity contribution in [3.05, 3.63) is 35.3 Å². The van der Waals surface area contributed by atoms with Gasteiger partial charge in [-0.05, 0) is 50.9 Å². The summed E-state index contributed by atoms with van der Waals surface area (Å²) in [6.45, 7) is 3.03. The van der Waals surface area contributed by atoms with Gasteiger partial charge in [-0.2, -0.15) is 0 Å². The lowest BCUT2D eigenvalue weighted by Crippen LogP contribution is -2.59. The molecule has 1 saturated carbocycles. The number of benzene rings is 1. The Morgan fingerprint density at radius 2 is 1.70 bits per heavy atom. The van der Waals surface area contributed by atoms with Crippen LogP contribution in [0.15, 0.2) is 18.2 Å². The van der Waals surface area contributed by atoms with E-state index in [2.05, 4.69) is 10.6 Å². The van der Waals surface area contributed by atoms with Crippen LogP contribution < -0.4 is 10.6 Å². The number of aryl methyl sites for hydroxylation is 1. The second kappa shape index (κ2) is 11.4. The first-order valence-electron chi connectivity index (χ1n) is 13.1. The highest BCUT2D eigenvalue weighted by Crippen LogP contribution is 2.29. The molecule has 1 saturated heterocycles. The number of nitrogens with zero attached hydrogens (tertiary/aromatic N) is 3. The van der Waals surface area contributed by atoms with Gasteiger partial charge in [0, 0.05) is 44.1 Å². The molecule has 2 atom stereocenters. The summed E-state index contributed by atoms with van der Waals surface area (Å²) in [4.78, 5) is 54.9. The Bertz CT molecular complexity index is 1180. The summed E-state index contributed by atoms with van der Waals surface area (Å²) >= 11 is 0. The zero-order valence-corrected chi connectivity index (χ0v) is 21.8. The van der Waals surface area contributed by atoms with E-state index in [1.54, 1.807) is 41.5 Å². The molecule has 2 heterocycles. The van der Waals surface area contributed by atoms with Crippen molar-refractivity contribution < 1.29 is 23.6 Å². The molecule has 9 nitrogen and oxygen atoms in total. The van der Waals surface area contributed by atoms with Gasteiger partial charge in [0.05, 0.1) is 11.6 Å². The van der Waals surface area contributed by atoms with Crippen molar-refractivity contribution in [3.8, 4) is 0 Å². The molecule has 3 amide bonds. The number of carbonyl (C=O) groups is 4. The monoisotopic (exact) mass is 513 g/mol. The topological polar surface area (TPSA) is 104 Å². The number of hydrogen-bond acceptors (Lipinski definition) is 5. The second-order valence-electron chi connectivity index (χ2n) is 10.1. The standard InChI is InChI=1S/C27H36FN5O4/c1-17(29-2)25(35)30-23(18-7-5-4-6-8-18)26(36)32-11-13-33(14-12-32)27(37)24-21(16-34)20-15-19(28)9-10-22(20)31(24)3/h9-10,15-18,23,29H,4-8,11-14H2,1-3H3,(H,30,35)/t17?,23-/m0/s1. The maximum Gasteiger partial charge on any atom is 0.271 e. The molecule has 2 aromatic rings. The van der Waals surface area contributed by atoms with Crippen LogP contribution in [0, 0.1) is 11.7 Å². The van der Waals surface area contributed by atoms with Crippen molar-refractivity contribution in [2.75, 3.05) is 33.2 Å². The van der Waals surface area contributed by atoms with E-state index in [1.807, 2.05) is 0 Å². The van der Waals surface area contributed by atoms with Gasteiger partial charge in [0.1, 0.15) is 17.6 Å². The number of rotatable bonds is 7. The number of fused-ring (bicyclic) bond motifs is 1. The van der Waals surface area contributed by atoms with E-state index < -0.39 is 17.9 Å². The molecule has 2 aliphatic rings. The Labute approximate surface area is 216 Å². The third kappa shape index (κ3) is 5.39. The average Bonchev–Trinajstić information content (AvgIpc) is 3.21. The molecule has 4 rings (SSSR count). The lowest BCUT2D eigenvalue weighted by Gasteiger charge is -2.39. The molecular weight excluding hydrogens is 477 g/mol. The predicted molar refractivity (Wildman–Crippen MR) is 138 cm³/mol. The maximum atomic E-state index is 13.8. The highest BCUT2D eigenvalue weighted by molar-refractivity contribution is 6.10. The Morgan fingerprint density at radius 1 is 1.05 bits per heavy atom. The van der Waals surface area contributed by atoms with E-state index in [9.17, 15) is 23.6 Å². The molecule has 0 spiro atoms. The normalized spacial score (nSPS) is 18.5. The summed E-state index contributed by atoms with van der Waals surface area (Å²) in [6.07, 6.45) is 5.63. The number of aldehydes is 1. The van der Waals surface area contributed by atoms with Gasteiger partial charge in [0.15, 0.2) is 6.29 Å². The Balaban J connectivity index is 1.48. The minimum atomic E-state index is -0.583. The van der Waals surface area contributed by atoms with E-state index in [4.69, 9.17) is 0 Å². The molecule has 1 aliphatic carbocycles. The van der Waals surface area contributed by atoms with Gasteiger partial charge in [-0.1, -0.05) is 19.3 Å². The van der Waals surface area contributed by atoms with Gasteiger partial charge in [-0.25, -0.2) is 4.39 Å². The number of likely N-dealkylation sites (N-methyl/N-ethyl adjacent to an activating group) is 1. The number of amides is 3. The van der Waals surface area contributed by atoms with Crippen LogP contribution in [-0.2, 0) is 16.6 Å². The van der Waals surface area contributed by atoms with E-state index in [0.717, 1.165) is 32.1 Å². The molecule has 2 N–H and O–H groups in total. The van der Waals surface area contributed by atoms with Crippen LogP contribution in [0.3, 0.4) is 0 Å². The zero-order valence-electron chi connectivity index (χ0n) is 21.8. The number of nitrogens with one attached hydrogen (secondary N) is 2. The molecule has 1 aliphatic heterocycles. The highest BCUT2D eigenvalue weighted by atomic mass is 19.1. The Morgan fingerprint density at radius 3 is 2.32 bits per heavy atom. The van der Waals surface area contributed by atoms with E-state index >= 15 is 0 Å². The molecule has 37 heavy (non-hydrogen) atoms. The van der Waals surface area contributed by atoms with Gasteiger partial charge in [-0.15, -0.1) is 0 Å². The van der Waals surface area contributed by atoms with Gasteiger partial charge in [0.25, 0.3) is 5.91 Å². The smallest absolute Gasteiger partial charge is 0.271 e. The molecule has 0 radical (unpaired) electrons. The minimum absolute atomic E-state index is 0.0975. The molecule has 1 unspecified atom stereocenters. The van der Waals surface area contributed by atoms with Crippen LogP contribution in [0.2, 0.25) is 0 Å². The SMILES string of the molecule is CNC(C)C(=O)N[C@H](C(=O)N1CCN(C(=O)c2c(C=O)c3cc(F)ccc3n2C)CC1)C1CCCCC1. The molecular formula is C27H36FN5O4. The number of piperazine rings is 1. The fourth-order valence-corrected chi connectivity index (χ4v) is 5.56. The van der Waals surface area contributed by atoms with Crippen LogP contribution in [-0.4, -0.2) is 83.7 Å². The predicted octanol–water partition coefficient (Wildman–Crippen LogP) is 2.09. The van der Waals surface area contributed by atoms with Crippen LogP contribution in [0.4, 0.5) is 4.39 Å². The Hall–Kier alpha value is -3.27. The molecule has 10 heteroatoms.